The van der Waals surface area contributed by atoms with E-state index in [-0.39, 0.29) is 72.1 Å². The number of amides is 3. The molecular formula is C37H52N4O9S2. The van der Waals surface area contributed by atoms with Crippen molar-refractivity contribution in [3.05, 3.63) is 60.3 Å². The van der Waals surface area contributed by atoms with Crippen molar-refractivity contribution in [1.29, 1.82) is 0 Å². The van der Waals surface area contributed by atoms with Crippen LogP contribution in [0.25, 0.3) is 0 Å². The summed E-state index contributed by atoms with van der Waals surface area (Å²) in [6.45, 7) is 11.9. The standard InChI is InChI=1S/C37H52N4O9S2/c1-23(11-14-32-24(2)17-31(27(5)49-32)39-33(43)15-12-25(3)48-28(6)42)10-13-29-19-37(22-47-37)20-30(50-29)18-34(44)40-41-36(45)46-21-26(4)51-52-35-9-7-8-16-38-35/h7-13,15-16,24-27,29-32H,14,17-22H2,1-6H3,(H,39,43)(H,40,44)(H,41,45)/b13-10+,15-12-,23-11+/t24-,25-,26+,27+,29+,30+,31+,32-,37+/m0/s1. The van der Waals surface area contributed by atoms with Crippen LogP contribution in [0.5, 0.6) is 0 Å². The highest BCUT2D eigenvalue weighted by Gasteiger charge is 2.51. The molecule has 3 fully saturated rings. The fraction of sp³-hybridized carbons (Fsp3) is 0.595. The zero-order chi connectivity index (χ0) is 37.7. The van der Waals surface area contributed by atoms with Crippen LogP contribution in [0.1, 0.15) is 73.6 Å². The summed E-state index contributed by atoms with van der Waals surface area (Å²) < 4.78 is 28.6. The van der Waals surface area contributed by atoms with E-state index in [1.54, 1.807) is 30.0 Å². The normalized spacial score (nSPS) is 28.6. The van der Waals surface area contributed by atoms with Crippen molar-refractivity contribution in [2.45, 2.75) is 126 Å². The van der Waals surface area contributed by atoms with E-state index < -0.39 is 18.2 Å². The molecule has 3 N–H and O–H groups in total. The lowest BCUT2D eigenvalue weighted by molar-refractivity contribution is -0.143. The number of rotatable bonds is 15. The van der Waals surface area contributed by atoms with Gasteiger partial charge in [0.25, 0.3) is 0 Å². The van der Waals surface area contributed by atoms with E-state index in [9.17, 15) is 19.2 Å². The molecule has 4 heterocycles. The Labute approximate surface area is 314 Å². The van der Waals surface area contributed by atoms with Crippen molar-refractivity contribution in [1.82, 2.24) is 21.2 Å². The molecule has 3 saturated heterocycles. The van der Waals surface area contributed by atoms with Gasteiger partial charge in [-0.25, -0.2) is 15.2 Å². The Hall–Kier alpha value is -3.37. The average Bonchev–Trinajstić information content (AvgIpc) is 3.84. The van der Waals surface area contributed by atoms with Crippen molar-refractivity contribution in [3.8, 4) is 0 Å². The van der Waals surface area contributed by atoms with E-state index >= 15 is 0 Å². The van der Waals surface area contributed by atoms with E-state index in [1.807, 2.05) is 51.1 Å². The number of carbonyl (C=O) groups excluding carboxylic acids is 4. The second kappa shape index (κ2) is 20.2. The topological polar surface area (TPSA) is 167 Å². The van der Waals surface area contributed by atoms with Gasteiger partial charge in [-0.05, 0) is 75.5 Å². The molecule has 0 saturated carbocycles. The molecule has 15 heteroatoms. The van der Waals surface area contributed by atoms with Crippen molar-refractivity contribution in [2.75, 3.05) is 13.2 Å². The monoisotopic (exact) mass is 760 g/mol. The van der Waals surface area contributed by atoms with Crippen LogP contribution in [0.2, 0.25) is 0 Å². The van der Waals surface area contributed by atoms with Crippen LogP contribution < -0.4 is 16.2 Å². The van der Waals surface area contributed by atoms with Crippen LogP contribution in [-0.4, -0.2) is 89.5 Å². The quantitative estimate of drug-likeness (QED) is 0.0523. The third kappa shape index (κ3) is 14.6. The maximum atomic E-state index is 12.7. The second-order valence-corrected chi connectivity index (χ2v) is 16.4. The van der Waals surface area contributed by atoms with Gasteiger partial charge in [0.1, 0.15) is 17.7 Å². The highest BCUT2D eigenvalue weighted by Crippen LogP contribution is 2.43. The number of allylic oxidation sites excluding steroid dienone is 2. The Kier molecular flexibility index (Phi) is 16.1. The number of hydrogen-bond acceptors (Lipinski definition) is 12. The zero-order valence-electron chi connectivity index (χ0n) is 30.7. The highest BCUT2D eigenvalue weighted by atomic mass is 33.1. The summed E-state index contributed by atoms with van der Waals surface area (Å²) in [7, 11) is 3.05. The number of carbonyl (C=O) groups is 4. The van der Waals surface area contributed by atoms with Gasteiger partial charge in [0.2, 0.25) is 11.8 Å². The van der Waals surface area contributed by atoms with Gasteiger partial charge in [-0.1, -0.05) is 47.6 Å². The number of hydrogen-bond donors (Lipinski definition) is 3. The summed E-state index contributed by atoms with van der Waals surface area (Å²) in [6, 6.07) is 5.55. The van der Waals surface area contributed by atoms with Gasteiger partial charge < -0.3 is 29.0 Å². The van der Waals surface area contributed by atoms with E-state index in [2.05, 4.69) is 34.2 Å². The Morgan fingerprint density at radius 3 is 2.60 bits per heavy atom. The first-order chi connectivity index (χ1) is 24.8. The van der Waals surface area contributed by atoms with Crippen LogP contribution >= 0.6 is 21.6 Å². The minimum Gasteiger partial charge on any atom is -0.459 e. The first kappa shape index (κ1) is 41.4. The average molecular weight is 761 g/mol. The number of esters is 1. The first-order valence-electron chi connectivity index (χ1n) is 17.7. The van der Waals surface area contributed by atoms with Crippen LogP contribution in [-0.2, 0) is 38.1 Å². The number of aromatic nitrogens is 1. The fourth-order valence-electron chi connectivity index (χ4n) is 6.04. The maximum absolute atomic E-state index is 12.7. The molecule has 1 aromatic heterocycles. The Morgan fingerprint density at radius 1 is 1.10 bits per heavy atom. The highest BCUT2D eigenvalue weighted by molar-refractivity contribution is 8.76. The molecule has 0 bridgehead atoms. The van der Waals surface area contributed by atoms with Gasteiger partial charge in [-0.3, -0.25) is 19.8 Å². The molecule has 0 unspecified atom stereocenters. The molecule has 0 aliphatic carbocycles. The zero-order valence-corrected chi connectivity index (χ0v) is 32.3. The van der Waals surface area contributed by atoms with Gasteiger partial charge in [0.05, 0.1) is 49.1 Å². The van der Waals surface area contributed by atoms with E-state index in [0.717, 1.165) is 23.4 Å². The van der Waals surface area contributed by atoms with Crippen LogP contribution in [0.4, 0.5) is 4.79 Å². The summed E-state index contributed by atoms with van der Waals surface area (Å²) in [5.41, 5.74) is 5.52. The largest absolute Gasteiger partial charge is 0.459 e. The van der Waals surface area contributed by atoms with Crippen LogP contribution in [0.15, 0.2) is 65.4 Å². The SMILES string of the molecule is CC(=O)O[C@@H](C)/C=C\C(=O)N[C@@H]1C[C@H](C)[C@H](C/C=C(C)/C=C/[C@@H]2C[C@]3(CO3)C[C@@H](CC(=O)NNC(=O)OC[C@@H](C)SSc3ccccn3)O2)O[C@@H]1C. The van der Waals surface area contributed by atoms with Crippen molar-refractivity contribution in [2.24, 2.45) is 5.92 Å². The summed E-state index contributed by atoms with van der Waals surface area (Å²) in [4.78, 5) is 52.6. The molecule has 3 amide bonds. The summed E-state index contributed by atoms with van der Waals surface area (Å²) in [5, 5.41) is 3.90. The number of nitrogens with zero attached hydrogens (tertiary/aromatic N) is 1. The molecule has 1 spiro atoms. The van der Waals surface area contributed by atoms with Crippen molar-refractivity contribution in [3.63, 3.8) is 0 Å². The molecule has 1 aromatic rings. The van der Waals surface area contributed by atoms with E-state index in [1.165, 1.54) is 23.8 Å². The smallest absolute Gasteiger partial charge is 0.426 e. The molecule has 0 radical (unpaired) electrons. The molecule has 3 aliphatic rings. The van der Waals surface area contributed by atoms with Gasteiger partial charge in [-0.2, -0.15) is 0 Å². The number of epoxide rings is 1. The summed E-state index contributed by atoms with van der Waals surface area (Å²) in [6.07, 6.45) is 11.8. The molecule has 0 aromatic carbocycles. The fourth-order valence-corrected chi connectivity index (χ4v) is 7.92. The minimum absolute atomic E-state index is 0.00682. The minimum atomic E-state index is -0.732. The van der Waals surface area contributed by atoms with Crippen molar-refractivity contribution >= 4 is 45.5 Å². The van der Waals surface area contributed by atoms with Gasteiger partial charge in [0, 0.05) is 37.3 Å². The molecule has 52 heavy (non-hydrogen) atoms. The van der Waals surface area contributed by atoms with Crippen molar-refractivity contribution < 1.29 is 42.9 Å². The lowest BCUT2D eigenvalue weighted by Crippen LogP contribution is -2.50. The molecule has 286 valence electrons. The Balaban J connectivity index is 1.16. The number of hydrazine groups is 1. The Morgan fingerprint density at radius 2 is 1.88 bits per heavy atom. The predicted molar refractivity (Wildman–Crippen MR) is 199 cm³/mol. The first-order valence-corrected chi connectivity index (χ1v) is 19.9. The number of nitrogens with one attached hydrogen (secondary N) is 3. The summed E-state index contributed by atoms with van der Waals surface area (Å²) in [5.74, 6) is -0.805. The lowest BCUT2D eigenvalue weighted by Gasteiger charge is -2.39. The number of ether oxygens (including phenoxy) is 5. The van der Waals surface area contributed by atoms with Crippen LogP contribution in [0.3, 0.4) is 0 Å². The molecule has 4 rings (SSSR count). The van der Waals surface area contributed by atoms with Crippen LogP contribution in [0, 0.1) is 5.92 Å². The third-order valence-corrected chi connectivity index (χ3v) is 11.6. The third-order valence-electron chi connectivity index (χ3n) is 8.85. The lowest BCUT2D eigenvalue weighted by atomic mass is 9.88. The molecule has 3 aliphatic heterocycles. The number of pyridine rings is 1. The van der Waals surface area contributed by atoms with E-state index in [4.69, 9.17) is 23.7 Å². The summed E-state index contributed by atoms with van der Waals surface area (Å²) >= 11 is 0. The van der Waals surface area contributed by atoms with E-state index in [0.29, 0.717) is 19.4 Å². The molecular weight excluding hydrogens is 709 g/mol. The molecule has 13 nitrogen and oxygen atoms in total. The van der Waals surface area contributed by atoms with Gasteiger partial charge in [-0.15, -0.1) is 0 Å². The molecule has 9 atom stereocenters. The second-order valence-electron chi connectivity index (χ2n) is 13.7. The maximum Gasteiger partial charge on any atom is 0.426 e. The Bertz CT molecular complexity index is 1460. The van der Waals surface area contributed by atoms with Gasteiger partial charge >= 0.3 is 12.1 Å². The predicted octanol–water partition coefficient (Wildman–Crippen LogP) is 5.37. The van der Waals surface area contributed by atoms with Gasteiger partial charge in [0.15, 0.2) is 0 Å².